The number of carbonyl (C=O) groups is 3. The zero-order valence-corrected chi connectivity index (χ0v) is 17.8. The zero-order chi connectivity index (χ0) is 21.6. The SMILES string of the molecule is CN(C)CC1(c2ccc(CCN3C(=O)c4cc(Cl)cc(C(N)=O)c4C3=O)cc2)CC1. The number of hydrogen-bond acceptors (Lipinski definition) is 4. The topological polar surface area (TPSA) is 83.7 Å². The molecule has 2 aliphatic rings. The number of likely N-dealkylation sites (N-methyl/N-ethyl adjacent to an activating group) is 1. The van der Waals surface area contributed by atoms with E-state index in [1.54, 1.807) is 0 Å². The molecule has 7 heteroatoms. The first-order valence-electron chi connectivity index (χ1n) is 9.95. The van der Waals surface area contributed by atoms with Crippen LogP contribution in [0.2, 0.25) is 5.02 Å². The molecule has 0 aromatic heterocycles. The predicted octanol–water partition coefficient (Wildman–Crippen LogP) is 2.87. The summed E-state index contributed by atoms with van der Waals surface area (Å²) in [6.07, 6.45) is 2.93. The van der Waals surface area contributed by atoms with Gasteiger partial charge in [-0.05, 0) is 56.6 Å². The Morgan fingerprint density at radius 3 is 2.37 bits per heavy atom. The third kappa shape index (κ3) is 3.61. The lowest BCUT2D eigenvalue weighted by Crippen LogP contribution is -2.32. The van der Waals surface area contributed by atoms with E-state index in [2.05, 4.69) is 43.3 Å². The van der Waals surface area contributed by atoms with E-state index in [4.69, 9.17) is 17.3 Å². The first-order chi connectivity index (χ1) is 14.2. The summed E-state index contributed by atoms with van der Waals surface area (Å²) in [6, 6.07) is 11.2. The summed E-state index contributed by atoms with van der Waals surface area (Å²) in [4.78, 5) is 40.6. The number of carbonyl (C=O) groups excluding carboxylic acids is 3. The summed E-state index contributed by atoms with van der Waals surface area (Å²) in [6.45, 7) is 1.26. The molecular weight excluding hydrogens is 402 g/mol. The Morgan fingerprint density at radius 2 is 1.80 bits per heavy atom. The van der Waals surface area contributed by atoms with Crippen LogP contribution in [-0.4, -0.2) is 54.7 Å². The average Bonchev–Trinajstić information content (AvgIpc) is 3.42. The van der Waals surface area contributed by atoms with Gasteiger partial charge in [0.2, 0.25) is 5.91 Å². The third-order valence-electron chi connectivity index (χ3n) is 5.97. The van der Waals surface area contributed by atoms with Crippen LogP contribution in [0, 0.1) is 0 Å². The van der Waals surface area contributed by atoms with E-state index < -0.39 is 17.7 Å². The van der Waals surface area contributed by atoms with Gasteiger partial charge in [0.15, 0.2) is 0 Å². The van der Waals surface area contributed by atoms with Gasteiger partial charge in [-0.25, -0.2) is 0 Å². The maximum Gasteiger partial charge on any atom is 0.262 e. The Labute approximate surface area is 180 Å². The number of primary amides is 1. The van der Waals surface area contributed by atoms with Gasteiger partial charge in [0.1, 0.15) is 0 Å². The van der Waals surface area contributed by atoms with Crippen molar-refractivity contribution in [2.24, 2.45) is 5.73 Å². The van der Waals surface area contributed by atoms with Crippen LogP contribution in [0.15, 0.2) is 36.4 Å². The van der Waals surface area contributed by atoms with Gasteiger partial charge in [-0.2, -0.15) is 0 Å². The lowest BCUT2D eigenvalue weighted by molar-refractivity contribution is 0.0654. The van der Waals surface area contributed by atoms with E-state index in [-0.39, 0.29) is 33.7 Å². The van der Waals surface area contributed by atoms with Crippen LogP contribution in [-0.2, 0) is 11.8 Å². The number of imide groups is 1. The Kier molecular flexibility index (Phi) is 5.16. The van der Waals surface area contributed by atoms with E-state index in [9.17, 15) is 14.4 Å². The fraction of sp³-hybridized carbons (Fsp3) is 0.348. The molecule has 0 radical (unpaired) electrons. The molecule has 0 spiro atoms. The Balaban J connectivity index is 1.48. The molecule has 1 aliphatic carbocycles. The van der Waals surface area contributed by atoms with Crippen LogP contribution in [0.25, 0.3) is 0 Å². The molecule has 0 unspecified atom stereocenters. The van der Waals surface area contributed by atoms with E-state index >= 15 is 0 Å². The molecule has 156 valence electrons. The highest BCUT2D eigenvalue weighted by atomic mass is 35.5. The van der Waals surface area contributed by atoms with Gasteiger partial charge in [0.05, 0.1) is 16.7 Å². The standard InChI is InChI=1S/C23H24ClN3O3/c1-26(2)13-23(8-9-23)15-5-3-14(4-6-15)7-10-27-21(29)18-12-16(24)11-17(20(25)28)19(18)22(27)30/h3-6,11-12H,7-10,13H2,1-2H3,(H2,25,28). The van der Waals surface area contributed by atoms with Gasteiger partial charge >= 0.3 is 0 Å². The largest absolute Gasteiger partial charge is 0.366 e. The van der Waals surface area contributed by atoms with Crippen molar-refractivity contribution in [2.45, 2.75) is 24.7 Å². The first-order valence-corrected chi connectivity index (χ1v) is 10.3. The van der Waals surface area contributed by atoms with Gasteiger partial charge in [0, 0.05) is 23.5 Å². The number of fused-ring (bicyclic) bond motifs is 1. The van der Waals surface area contributed by atoms with Crippen molar-refractivity contribution in [3.8, 4) is 0 Å². The van der Waals surface area contributed by atoms with Crippen LogP contribution in [0.3, 0.4) is 0 Å². The van der Waals surface area contributed by atoms with Crippen molar-refractivity contribution in [2.75, 3.05) is 27.2 Å². The normalized spacial score (nSPS) is 16.9. The third-order valence-corrected chi connectivity index (χ3v) is 6.18. The van der Waals surface area contributed by atoms with Crippen molar-refractivity contribution in [3.05, 3.63) is 69.2 Å². The van der Waals surface area contributed by atoms with Crippen LogP contribution < -0.4 is 5.73 Å². The highest BCUT2D eigenvalue weighted by Gasteiger charge is 2.44. The van der Waals surface area contributed by atoms with E-state index in [1.165, 1.54) is 30.5 Å². The first kappa shape index (κ1) is 20.6. The summed E-state index contributed by atoms with van der Waals surface area (Å²) < 4.78 is 0. The smallest absolute Gasteiger partial charge is 0.262 e. The lowest BCUT2D eigenvalue weighted by Gasteiger charge is -2.21. The number of benzene rings is 2. The van der Waals surface area contributed by atoms with Crippen LogP contribution in [0.1, 0.15) is 55.0 Å². The summed E-state index contributed by atoms with van der Waals surface area (Å²) >= 11 is 6.00. The summed E-state index contributed by atoms with van der Waals surface area (Å²) in [5, 5.41) is 0.202. The molecule has 0 saturated heterocycles. The Morgan fingerprint density at radius 1 is 1.13 bits per heavy atom. The molecule has 1 aliphatic heterocycles. The monoisotopic (exact) mass is 425 g/mol. The van der Waals surface area contributed by atoms with Gasteiger partial charge in [-0.1, -0.05) is 35.9 Å². The zero-order valence-electron chi connectivity index (χ0n) is 17.1. The summed E-state index contributed by atoms with van der Waals surface area (Å²) in [5.74, 6) is -1.72. The molecule has 1 heterocycles. The molecule has 1 saturated carbocycles. The molecule has 2 aromatic carbocycles. The van der Waals surface area contributed by atoms with Gasteiger partial charge in [-0.15, -0.1) is 0 Å². The second kappa shape index (κ2) is 7.52. The summed E-state index contributed by atoms with van der Waals surface area (Å²) in [7, 11) is 4.18. The second-order valence-corrected chi connectivity index (χ2v) is 8.90. The molecule has 30 heavy (non-hydrogen) atoms. The summed E-state index contributed by atoms with van der Waals surface area (Å²) in [5.41, 5.74) is 8.18. The highest BCUT2D eigenvalue weighted by molar-refractivity contribution is 6.33. The van der Waals surface area contributed by atoms with E-state index in [1.807, 2.05) is 0 Å². The molecule has 0 atom stereocenters. The molecule has 3 amide bonds. The van der Waals surface area contributed by atoms with Crippen LogP contribution in [0.4, 0.5) is 0 Å². The maximum atomic E-state index is 12.8. The number of hydrogen-bond donors (Lipinski definition) is 1. The number of halogens is 1. The van der Waals surface area contributed by atoms with Crippen molar-refractivity contribution >= 4 is 29.3 Å². The minimum atomic E-state index is -0.779. The Hall–Kier alpha value is -2.70. The van der Waals surface area contributed by atoms with Gasteiger partial charge in [0.25, 0.3) is 11.8 Å². The number of nitrogens with two attached hydrogens (primary N) is 1. The van der Waals surface area contributed by atoms with Crippen molar-refractivity contribution in [3.63, 3.8) is 0 Å². The van der Waals surface area contributed by atoms with Crippen molar-refractivity contribution in [1.29, 1.82) is 0 Å². The minimum Gasteiger partial charge on any atom is -0.366 e. The van der Waals surface area contributed by atoms with Crippen LogP contribution in [0.5, 0.6) is 0 Å². The van der Waals surface area contributed by atoms with Crippen molar-refractivity contribution in [1.82, 2.24) is 9.80 Å². The molecule has 1 fully saturated rings. The Bertz CT molecular complexity index is 1040. The molecular formula is C23H24ClN3O3. The van der Waals surface area contributed by atoms with Crippen LogP contribution >= 0.6 is 11.6 Å². The van der Waals surface area contributed by atoms with E-state index in [0.717, 1.165) is 17.0 Å². The number of nitrogens with zero attached hydrogens (tertiary/aromatic N) is 2. The lowest BCUT2D eigenvalue weighted by atomic mass is 9.94. The highest BCUT2D eigenvalue weighted by Crippen LogP contribution is 2.48. The number of amides is 3. The molecule has 2 aromatic rings. The number of rotatable bonds is 7. The minimum absolute atomic E-state index is 0.0154. The molecule has 4 rings (SSSR count). The van der Waals surface area contributed by atoms with Gasteiger partial charge in [-0.3, -0.25) is 19.3 Å². The fourth-order valence-electron chi connectivity index (χ4n) is 4.34. The quantitative estimate of drug-likeness (QED) is 0.691. The fourth-order valence-corrected chi connectivity index (χ4v) is 4.55. The molecule has 6 nitrogen and oxygen atoms in total. The second-order valence-electron chi connectivity index (χ2n) is 8.47. The van der Waals surface area contributed by atoms with Gasteiger partial charge < -0.3 is 10.6 Å². The molecule has 0 bridgehead atoms. The van der Waals surface area contributed by atoms with E-state index in [0.29, 0.717) is 6.42 Å². The predicted molar refractivity (Wildman–Crippen MR) is 115 cm³/mol. The molecule has 2 N–H and O–H groups in total. The van der Waals surface area contributed by atoms with Crippen molar-refractivity contribution < 1.29 is 14.4 Å². The average molecular weight is 426 g/mol. The maximum absolute atomic E-state index is 12.8.